The van der Waals surface area contributed by atoms with Gasteiger partial charge >= 0.3 is 0 Å². The first-order valence-electron chi connectivity index (χ1n) is 4.46. The Kier molecular flexibility index (Phi) is 2.54. The molecule has 1 aromatic heterocycles. The lowest BCUT2D eigenvalue weighted by atomic mass is 10.4. The second-order valence-electron chi connectivity index (χ2n) is 3.36. The largest absolute Gasteiger partial charge is 0.336 e. The first-order chi connectivity index (χ1) is 6.66. The van der Waals surface area contributed by atoms with E-state index in [1.54, 1.807) is 11.9 Å². The number of hydrogen-bond acceptors (Lipinski definition) is 3. The quantitative estimate of drug-likeness (QED) is 0.687. The zero-order chi connectivity index (χ0) is 10.1. The Hall–Kier alpha value is -0.910. The molecule has 1 aliphatic rings. The number of amides is 1. The summed E-state index contributed by atoms with van der Waals surface area (Å²) in [6.07, 6.45) is 2.51. The fraction of sp³-hybridized carbons (Fsp3) is 0.625. The minimum absolute atomic E-state index is 0.0277. The Morgan fingerprint density at radius 1 is 1.71 bits per heavy atom. The molecule has 2 heterocycles. The third-order valence-electron chi connectivity index (χ3n) is 2.24. The van der Waals surface area contributed by atoms with E-state index in [4.69, 9.17) is 0 Å². The highest BCUT2D eigenvalue weighted by atomic mass is 79.9. The average Bonchev–Trinajstić information content (AvgIpc) is 2.73. The Bertz CT molecular complexity index is 351. The molecule has 1 aromatic rings. The first-order valence-corrected chi connectivity index (χ1v) is 5.38. The summed E-state index contributed by atoms with van der Waals surface area (Å²) in [5, 5.41) is 7.85. The van der Waals surface area contributed by atoms with Crippen LogP contribution in [0.2, 0.25) is 0 Å². The highest BCUT2D eigenvalue weighted by Crippen LogP contribution is 2.17. The normalized spacial score (nSPS) is 21.6. The fourth-order valence-electron chi connectivity index (χ4n) is 1.51. The molecule has 0 aromatic carbocycles. The number of likely N-dealkylation sites (tertiary alicyclic amines) is 1. The topological polar surface area (TPSA) is 51.0 Å². The number of aromatic nitrogens is 3. The van der Waals surface area contributed by atoms with Gasteiger partial charge in [-0.15, -0.1) is 5.10 Å². The van der Waals surface area contributed by atoms with E-state index in [0.717, 1.165) is 19.5 Å². The highest BCUT2D eigenvalue weighted by molar-refractivity contribution is 9.09. The second kappa shape index (κ2) is 3.68. The summed E-state index contributed by atoms with van der Waals surface area (Å²) in [5.41, 5.74) is 0.425. The third-order valence-corrected chi connectivity index (χ3v) is 2.98. The van der Waals surface area contributed by atoms with Gasteiger partial charge in [0.15, 0.2) is 5.69 Å². The smallest absolute Gasteiger partial charge is 0.276 e. The molecule has 6 heteroatoms. The van der Waals surface area contributed by atoms with Crippen LogP contribution in [0.1, 0.15) is 16.9 Å². The van der Waals surface area contributed by atoms with Crippen molar-refractivity contribution in [3.8, 4) is 0 Å². The summed E-state index contributed by atoms with van der Waals surface area (Å²) in [7, 11) is 1.70. The SMILES string of the molecule is Cn1ncc(C(=O)N2CCC(Br)C2)n1. The molecule has 1 unspecified atom stereocenters. The molecule has 0 aliphatic carbocycles. The molecule has 0 saturated carbocycles. The van der Waals surface area contributed by atoms with Gasteiger partial charge in [-0.1, -0.05) is 15.9 Å². The van der Waals surface area contributed by atoms with Gasteiger partial charge in [0, 0.05) is 25.0 Å². The summed E-state index contributed by atoms with van der Waals surface area (Å²) in [6, 6.07) is 0. The van der Waals surface area contributed by atoms with E-state index in [0.29, 0.717) is 10.5 Å². The van der Waals surface area contributed by atoms with E-state index in [9.17, 15) is 4.79 Å². The molecular formula is C8H11BrN4O. The van der Waals surface area contributed by atoms with E-state index in [1.165, 1.54) is 11.0 Å². The number of halogens is 1. The van der Waals surface area contributed by atoms with Crippen LogP contribution < -0.4 is 0 Å². The third kappa shape index (κ3) is 1.79. The van der Waals surface area contributed by atoms with E-state index in [1.807, 2.05) is 0 Å². The van der Waals surface area contributed by atoms with Gasteiger partial charge in [-0.3, -0.25) is 4.79 Å². The van der Waals surface area contributed by atoms with Gasteiger partial charge in [-0.2, -0.15) is 9.90 Å². The highest BCUT2D eigenvalue weighted by Gasteiger charge is 2.26. The van der Waals surface area contributed by atoms with Gasteiger partial charge in [0.1, 0.15) is 0 Å². The van der Waals surface area contributed by atoms with Crippen LogP contribution in [0.5, 0.6) is 0 Å². The van der Waals surface area contributed by atoms with Crippen LogP contribution in [0.3, 0.4) is 0 Å². The standard InChI is InChI=1S/C8H11BrN4O/c1-12-10-4-7(11-12)8(14)13-3-2-6(9)5-13/h4,6H,2-3,5H2,1H3. The molecule has 0 N–H and O–H groups in total. The van der Waals surface area contributed by atoms with Crippen molar-refractivity contribution in [1.29, 1.82) is 0 Å². The van der Waals surface area contributed by atoms with Gasteiger partial charge in [0.2, 0.25) is 0 Å². The maximum atomic E-state index is 11.8. The molecule has 1 saturated heterocycles. The predicted molar refractivity (Wildman–Crippen MR) is 54.2 cm³/mol. The van der Waals surface area contributed by atoms with E-state index < -0.39 is 0 Å². The van der Waals surface area contributed by atoms with Crippen LogP contribution in [0.25, 0.3) is 0 Å². The number of nitrogens with zero attached hydrogens (tertiary/aromatic N) is 4. The van der Waals surface area contributed by atoms with Crippen LogP contribution in [0, 0.1) is 0 Å². The molecule has 1 aliphatic heterocycles. The van der Waals surface area contributed by atoms with Gasteiger partial charge in [0.05, 0.1) is 6.20 Å². The Balaban J connectivity index is 2.09. The molecule has 0 spiro atoms. The number of aryl methyl sites for hydroxylation is 1. The van der Waals surface area contributed by atoms with Gasteiger partial charge < -0.3 is 4.90 Å². The summed E-state index contributed by atoms with van der Waals surface area (Å²) in [5.74, 6) is -0.0277. The van der Waals surface area contributed by atoms with Gasteiger partial charge in [-0.05, 0) is 6.42 Å². The monoisotopic (exact) mass is 258 g/mol. The lowest BCUT2D eigenvalue weighted by Crippen LogP contribution is -2.29. The van der Waals surface area contributed by atoms with Crippen molar-refractivity contribution in [3.63, 3.8) is 0 Å². The average molecular weight is 259 g/mol. The number of rotatable bonds is 1. The lowest BCUT2D eigenvalue weighted by molar-refractivity contribution is 0.0787. The fourth-order valence-corrected chi connectivity index (χ4v) is 2.06. The molecule has 14 heavy (non-hydrogen) atoms. The zero-order valence-electron chi connectivity index (χ0n) is 7.85. The molecule has 5 nitrogen and oxygen atoms in total. The van der Waals surface area contributed by atoms with E-state index in [2.05, 4.69) is 26.1 Å². The van der Waals surface area contributed by atoms with Crippen LogP contribution in [0.4, 0.5) is 0 Å². The Morgan fingerprint density at radius 2 is 2.50 bits per heavy atom. The molecule has 0 bridgehead atoms. The molecule has 2 rings (SSSR count). The number of alkyl halides is 1. The van der Waals surface area contributed by atoms with Crippen LogP contribution >= 0.6 is 15.9 Å². The second-order valence-corrected chi connectivity index (χ2v) is 4.65. The minimum atomic E-state index is -0.0277. The van der Waals surface area contributed by atoms with Crippen molar-refractivity contribution < 1.29 is 4.79 Å². The van der Waals surface area contributed by atoms with Crippen LogP contribution in [-0.2, 0) is 7.05 Å². The lowest BCUT2D eigenvalue weighted by Gasteiger charge is -2.12. The summed E-state index contributed by atoms with van der Waals surface area (Å²) in [4.78, 5) is 15.4. The molecule has 1 amide bonds. The Morgan fingerprint density at radius 3 is 3.00 bits per heavy atom. The maximum absolute atomic E-state index is 11.8. The summed E-state index contributed by atoms with van der Waals surface area (Å²) < 4.78 is 0. The molecule has 0 radical (unpaired) electrons. The van der Waals surface area contributed by atoms with Crippen molar-refractivity contribution in [2.75, 3.05) is 13.1 Å². The molecule has 1 fully saturated rings. The number of hydrogen-bond donors (Lipinski definition) is 0. The minimum Gasteiger partial charge on any atom is -0.336 e. The van der Waals surface area contributed by atoms with Gasteiger partial charge in [0.25, 0.3) is 5.91 Å². The van der Waals surface area contributed by atoms with Crippen LogP contribution in [0.15, 0.2) is 6.20 Å². The van der Waals surface area contributed by atoms with Crippen molar-refractivity contribution >= 4 is 21.8 Å². The zero-order valence-corrected chi connectivity index (χ0v) is 9.44. The maximum Gasteiger partial charge on any atom is 0.276 e. The molecule has 76 valence electrons. The molecule has 1 atom stereocenters. The molecular weight excluding hydrogens is 248 g/mol. The van der Waals surface area contributed by atoms with Crippen molar-refractivity contribution in [2.24, 2.45) is 7.05 Å². The van der Waals surface area contributed by atoms with Crippen molar-refractivity contribution in [1.82, 2.24) is 19.9 Å². The first kappa shape index (κ1) is 9.64. The van der Waals surface area contributed by atoms with Gasteiger partial charge in [-0.25, -0.2) is 0 Å². The van der Waals surface area contributed by atoms with Crippen molar-refractivity contribution in [2.45, 2.75) is 11.2 Å². The van der Waals surface area contributed by atoms with E-state index >= 15 is 0 Å². The summed E-state index contributed by atoms with van der Waals surface area (Å²) >= 11 is 3.49. The number of carbonyl (C=O) groups is 1. The van der Waals surface area contributed by atoms with E-state index in [-0.39, 0.29) is 5.91 Å². The summed E-state index contributed by atoms with van der Waals surface area (Å²) in [6.45, 7) is 1.56. The predicted octanol–water partition coefficient (Wildman–Crippen LogP) is 0.425. The Labute approximate surface area is 90.2 Å². The van der Waals surface area contributed by atoms with Crippen molar-refractivity contribution in [3.05, 3.63) is 11.9 Å². The van der Waals surface area contributed by atoms with Crippen LogP contribution in [-0.4, -0.2) is 43.7 Å². The number of carbonyl (C=O) groups excluding carboxylic acids is 1.